The van der Waals surface area contributed by atoms with E-state index in [1.165, 1.54) is 25.7 Å². The van der Waals surface area contributed by atoms with E-state index in [2.05, 4.69) is 11.9 Å². The van der Waals surface area contributed by atoms with Gasteiger partial charge in [-0.05, 0) is 72.6 Å². The van der Waals surface area contributed by atoms with Crippen LogP contribution in [0.25, 0.3) is 0 Å². The van der Waals surface area contributed by atoms with Gasteiger partial charge in [-0.3, -0.25) is 4.99 Å². The monoisotopic (exact) mass is 415 g/mol. The van der Waals surface area contributed by atoms with Crippen molar-refractivity contribution in [1.82, 2.24) is 0 Å². The highest BCUT2D eigenvalue weighted by Gasteiger charge is 2.07. The Labute approximate surface area is 184 Å². The molecule has 0 aliphatic carbocycles. The Morgan fingerprint density at radius 1 is 0.806 bits per heavy atom. The summed E-state index contributed by atoms with van der Waals surface area (Å²) in [7, 11) is 0. The average Bonchev–Trinajstić information content (AvgIpc) is 2.82. The molecule has 0 N–H and O–H groups in total. The number of carbonyl (C=O) groups excluding carboxylic acids is 1. The van der Waals surface area contributed by atoms with Crippen LogP contribution in [0.4, 0.5) is 5.69 Å². The summed E-state index contributed by atoms with van der Waals surface area (Å²) >= 11 is 0. The number of ether oxygens (including phenoxy) is 2. The molecule has 3 rings (SSSR count). The van der Waals surface area contributed by atoms with Crippen LogP contribution in [-0.2, 0) is 0 Å². The number of hydrogen-bond acceptors (Lipinski definition) is 4. The van der Waals surface area contributed by atoms with Crippen molar-refractivity contribution < 1.29 is 14.3 Å². The molecule has 0 spiro atoms. The molecule has 0 fully saturated rings. The zero-order valence-electron chi connectivity index (χ0n) is 18.0. The number of para-hydroxylation sites is 1. The molecule has 3 aromatic rings. The van der Waals surface area contributed by atoms with E-state index in [1.54, 1.807) is 42.6 Å². The molecule has 4 heteroatoms. The van der Waals surface area contributed by atoms with Crippen LogP contribution in [0.2, 0.25) is 0 Å². The Bertz CT molecular complexity index is 948. The number of aliphatic imine (C=N–C) groups is 1. The third-order valence-electron chi connectivity index (χ3n) is 4.82. The minimum atomic E-state index is -0.386. The fourth-order valence-electron chi connectivity index (χ4n) is 3.03. The summed E-state index contributed by atoms with van der Waals surface area (Å²) in [5, 5.41) is 0. The number of rotatable bonds is 11. The summed E-state index contributed by atoms with van der Waals surface area (Å²) in [5.74, 6) is 1.02. The number of esters is 1. The molecule has 0 bridgehead atoms. The first kappa shape index (κ1) is 22.3. The average molecular weight is 416 g/mol. The Kier molecular flexibility index (Phi) is 8.87. The van der Waals surface area contributed by atoms with Crippen molar-refractivity contribution in [2.75, 3.05) is 6.61 Å². The maximum Gasteiger partial charge on any atom is 0.343 e. The molecular weight excluding hydrogens is 386 g/mol. The van der Waals surface area contributed by atoms with E-state index in [0.717, 1.165) is 30.0 Å². The third-order valence-corrected chi connectivity index (χ3v) is 4.82. The molecule has 0 aromatic heterocycles. The molecule has 0 atom stereocenters. The quantitative estimate of drug-likeness (QED) is 0.146. The van der Waals surface area contributed by atoms with Crippen LogP contribution in [0.1, 0.15) is 54.9 Å². The molecule has 0 aliphatic rings. The number of nitrogens with zero attached hydrogens (tertiary/aromatic N) is 1. The van der Waals surface area contributed by atoms with Crippen molar-refractivity contribution in [3.05, 3.63) is 90.0 Å². The second-order valence-electron chi connectivity index (χ2n) is 7.34. The van der Waals surface area contributed by atoms with Crippen molar-refractivity contribution in [1.29, 1.82) is 0 Å². The summed E-state index contributed by atoms with van der Waals surface area (Å²) in [5.41, 5.74) is 2.24. The van der Waals surface area contributed by atoms with E-state index in [0.29, 0.717) is 11.3 Å². The van der Waals surface area contributed by atoms with Gasteiger partial charge in [0.1, 0.15) is 11.5 Å². The minimum Gasteiger partial charge on any atom is -0.494 e. The first-order valence-corrected chi connectivity index (χ1v) is 10.9. The van der Waals surface area contributed by atoms with Gasteiger partial charge in [0.05, 0.1) is 17.9 Å². The highest BCUT2D eigenvalue weighted by atomic mass is 16.5. The van der Waals surface area contributed by atoms with Crippen LogP contribution >= 0.6 is 0 Å². The van der Waals surface area contributed by atoms with Crippen LogP contribution in [0.5, 0.6) is 11.5 Å². The Morgan fingerprint density at radius 3 is 2.23 bits per heavy atom. The molecule has 0 saturated heterocycles. The van der Waals surface area contributed by atoms with E-state index in [1.807, 2.05) is 42.5 Å². The predicted octanol–water partition coefficient (Wildman–Crippen LogP) is 7.01. The van der Waals surface area contributed by atoms with Crippen LogP contribution in [0.15, 0.2) is 83.9 Å². The number of unbranched alkanes of at least 4 members (excludes halogenated alkanes) is 4. The lowest BCUT2D eigenvalue weighted by atomic mass is 10.2. The van der Waals surface area contributed by atoms with Gasteiger partial charge in [-0.2, -0.15) is 0 Å². The lowest BCUT2D eigenvalue weighted by Crippen LogP contribution is -2.07. The molecule has 160 valence electrons. The standard InChI is InChI=1S/C27H29NO3/c1-2-3-4-5-9-20-30-25-18-12-22(13-19-25)21-28-24-16-14-23(15-17-24)27(29)31-26-10-7-6-8-11-26/h6-8,10-19,21H,2-5,9,20H2,1H3. The van der Waals surface area contributed by atoms with Gasteiger partial charge in [0.15, 0.2) is 0 Å². The van der Waals surface area contributed by atoms with Gasteiger partial charge >= 0.3 is 5.97 Å². The lowest BCUT2D eigenvalue weighted by Gasteiger charge is -2.06. The van der Waals surface area contributed by atoms with E-state index in [4.69, 9.17) is 9.47 Å². The largest absolute Gasteiger partial charge is 0.494 e. The predicted molar refractivity (Wildman–Crippen MR) is 126 cm³/mol. The highest BCUT2D eigenvalue weighted by Crippen LogP contribution is 2.17. The van der Waals surface area contributed by atoms with E-state index < -0.39 is 0 Å². The van der Waals surface area contributed by atoms with Gasteiger partial charge in [0.2, 0.25) is 0 Å². The van der Waals surface area contributed by atoms with Gasteiger partial charge in [-0.15, -0.1) is 0 Å². The smallest absolute Gasteiger partial charge is 0.343 e. The second-order valence-corrected chi connectivity index (χ2v) is 7.34. The van der Waals surface area contributed by atoms with Gasteiger partial charge in [-0.1, -0.05) is 50.8 Å². The van der Waals surface area contributed by atoms with Crippen molar-refractivity contribution in [2.45, 2.75) is 39.0 Å². The van der Waals surface area contributed by atoms with Crippen LogP contribution < -0.4 is 9.47 Å². The normalized spacial score (nSPS) is 10.9. The molecule has 0 heterocycles. The zero-order valence-corrected chi connectivity index (χ0v) is 18.0. The summed E-state index contributed by atoms with van der Waals surface area (Å²) in [4.78, 5) is 16.7. The molecule has 4 nitrogen and oxygen atoms in total. The lowest BCUT2D eigenvalue weighted by molar-refractivity contribution is 0.0735. The Morgan fingerprint density at radius 2 is 1.52 bits per heavy atom. The van der Waals surface area contributed by atoms with Gasteiger partial charge in [0.25, 0.3) is 0 Å². The van der Waals surface area contributed by atoms with Crippen LogP contribution in [0.3, 0.4) is 0 Å². The SMILES string of the molecule is CCCCCCCOc1ccc(C=Nc2ccc(C(=O)Oc3ccccc3)cc2)cc1. The molecule has 0 aliphatic heterocycles. The number of carbonyl (C=O) groups is 1. The fourth-order valence-corrected chi connectivity index (χ4v) is 3.03. The van der Waals surface area contributed by atoms with Crippen molar-refractivity contribution in [2.24, 2.45) is 4.99 Å². The minimum absolute atomic E-state index is 0.386. The molecule has 0 amide bonds. The fraction of sp³-hybridized carbons (Fsp3) is 0.259. The summed E-state index contributed by atoms with van der Waals surface area (Å²) < 4.78 is 11.1. The molecular formula is C27H29NO3. The number of benzene rings is 3. The zero-order chi connectivity index (χ0) is 21.7. The van der Waals surface area contributed by atoms with Crippen molar-refractivity contribution >= 4 is 17.9 Å². The van der Waals surface area contributed by atoms with Crippen molar-refractivity contribution in [3.8, 4) is 11.5 Å². The Balaban J connectivity index is 1.47. The second kappa shape index (κ2) is 12.3. The summed E-state index contributed by atoms with van der Waals surface area (Å²) in [6.45, 7) is 2.98. The highest BCUT2D eigenvalue weighted by molar-refractivity contribution is 5.91. The first-order valence-electron chi connectivity index (χ1n) is 10.9. The van der Waals surface area contributed by atoms with Gasteiger partial charge < -0.3 is 9.47 Å². The molecule has 31 heavy (non-hydrogen) atoms. The Hall–Kier alpha value is -3.40. The van der Waals surface area contributed by atoms with Crippen LogP contribution in [-0.4, -0.2) is 18.8 Å². The third kappa shape index (κ3) is 7.74. The maximum absolute atomic E-state index is 12.2. The van der Waals surface area contributed by atoms with E-state index in [-0.39, 0.29) is 5.97 Å². The number of hydrogen-bond donors (Lipinski definition) is 0. The first-order chi connectivity index (χ1) is 15.2. The molecule has 0 saturated carbocycles. The summed E-state index contributed by atoms with van der Waals surface area (Å²) in [6.07, 6.45) is 7.96. The topological polar surface area (TPSA) is 47.9 Å². The van der Waals surface area contributed by atoms with E-state index in [9.17, 15) is 4.79 Å². The van der Waals surface area contributed by atoms with E-state index >= 15 is 0 Å². The van der Waals surface area contributed by atoms with Gasteiger partial charge in [-0.25, -0.2) is 4.79 Å². The van der Waals surface area contributed by atoms with Gasteiger partial charge in [0, 0.05) is 6.21 Å². The van der Waals surface area contributed by atoms with Crippen LogP contribution in [0, 0.1) is 0 Å². The molecule has 0 unspecified atom stereocenters. The van der Waals surface area contributed by atoms with Crippen molar-refractivity contribution in [3.63, 3.8) is 0 Å². The molecule has 0 radical (unpaired) electrons. The molecule has 3 aromatic carbocycles. The summed E-state index contributed by atoms with van der Waals surface area (Å²) in [6, 6.07) is 24.0. The maximum atomic E-state index is 12.2.